The summed E-state index contributed by atoms with van der Waals surface area (Å²) in [4.78, 5) is 25.6. The lowest BCUT2D eigenvalue weighted by Gasteiger charge is -2.31. The van der Waals surface area contributed by atoms with Gasteiger partial charge in [-0.2, -0.15) is 10.2 Å². The van der Waals surface area contributed by atoms with Crippen LogP contribution in [-0.4, -0.2) is 45.4 Å². The zero-order valence-electron chi connectivity index (χ0n) is 16.2. The van der Waals surface area contributed by atoms with E-state index < -0.39 is 5.41 Å². The predicted molar refractivity (Wildman–Crippen MR) is 97.2 cm³/mol. The number of hydrogen-bond acceptors (Lipinski definition) is 9. The summed E-state index contributed by atoms with van der Waals surface area (Å²) in [7, 11) is 0. The van der Waals surface area contributed by atoms with Gasteiger partial charge in [-0.25, -0.2) is 9.78 Å². The molecule has 3 heterocycles. The fourth-order valence-corrected chi connectivity index (χ4v) is 2.59. The van der Waals surface area contributed by atoms with Crippen molar-refractivity contribution in [3.8, 4) is 17.5 Å². The summed E-state index contributed by atoms with van der Waals surface area (Å²) in [6, 6.07) is 5.27. The van der Waals surface area contributed by atoms with Gasteiger partial charge >= 0.3 is 5.97 Å². The maximum absolute atomic E-state index is 11.9. The van der Waals surface area contributed by atoms with E-state index in [2.05, 4.69) is 15.1 Å². The van der Waals surface area contributed by atoms with Gasteiger partial charge in [-0.15, -0.1) is 5.06 Å². The molecule has 0 N–H and O–H groups in total. The highest BCUT2D eigenvalue weighted by Crippen LogP contribution is 2.21. The van der Waals surface area contributed by atoms with Gasteiger partial charge in [-0.3, -0.25) is 0 Å². The Morgan fingerprint density at radius 1 is 1.39 bits per heavy atom. The van der Waals surface area contributed by atoms with Crippen LogP contribution in [0, 0.1) is 16.7 Å². The molecule has 1 aliphatic rings. The number of ether oxygens (including phenoxy) is 1. The Kier molecular flexibility index (Phi) is 6.02. The predicted octanol–water partition coefficient (Wildman–Crippen LogP) is 2.49. The van der Waals surface area contributed by atoms with Crippen molar-refractivity contribution in [3.05, 3.63) is 29.8 Å². The largest absolute Gasteiger partial charge is 0.370 e. The van der Waals surface area contributed by atoms with Crippen LogP contribution in [0.5, 0.6) is 0 Å². The first-order chi connectivity index (χ1) is 13.3. The molecule has 9 heteroatoms. The Morgan fingerprint density at radius 2 is 2.14 bits per heavy atom. The SMILES string of the molecule is CC(C)(C)C(=O)ON1CCC(OCc2noc(-c3ccnc(C#N)c3)n2)CC1. The number of rotatable bonds is 5. The number of aromatic nitrogens is 3. The Hall–Kier alpha value is -2.83. The molecule has 0 aromatic carbocycles. The van der Waals surface area contributed by atoms with Gasteiger partial charge in [0.25, 0.3) is 5.89 Å². The first-order valence-electron chi connectivity index (χ1n) is 9.13. The lowest BCUT2D eigenvalue weighted by molar-refractivity contribution is -0.209. The second kappa shape index (κ2) is 8.46. The summed E-state index contributed by atoms with van der Waals surface area (Å²) in [5.41, 5.74) is 0.402. The van der Waals surface area contributed by atoms with E-state index in [0.29, 0.717) is 30.4 Å². The standard InChI is InChI=1S/C19H23N5O4/c1-19(2,3)18(25)28-24-8-5-15(6-9-24)26-12-16-22-17(27-23-16)13-4-7-21-14(10-13)11-20/h4,7,10,15H,5-6,8-9,12H2,1-3H3. The van der Waals surface area contributed by atoms with Crippen molar-refractivity contribution in [2.24, 2.45) is 5.41 Å². The van der Waals surface area contributed by atoms with Crippen molar-refractivity contribution in [1.82, 2.24) is 20.2 Å². The van der Waals surface area contributed by atoms with E-state index in [9.17, 15) is 4.79 Å². The molecule has 9 nitrogen and oxygen atoms in total. The summed E-state index contributed by atoms with van der Waals surface area (Å²) >= 11 is 0. The average Bonchev–Trinajstić information content (AvgIpc) is 3.16. The van der Waals surface area contributed by atoms with Gasteiger partial charge in [0, 0.05) is 24.8 Å². The van der Waals surface area contributed by atoms with E-state index >= 15 is 0 Å². The molecule has 0 atom stereocenters. The molecule has 2 aromatic rings. The Bertz CT molecular complexity index is 860. The molecule has 0 amide bonds. The quantitative estimate of drug-likeness (QED) is 0.765. The third-order valence-electron chi connectivity index (χ3n) is 4.26. The molecular weight excluding hydrogens is 362 g/mol. The molecule has 1 saturated heterocycles. The van der Waals surface area contributed by atoms with Crippen LogP contribution >= 0.6 is 0 Å². The maximum Gasteiger partial charge on any atom is 0.330 e. The van der Waals surface area contributed by atoms with Crippen LogP contribution in [0.1, 0.15) is 45.1 Å². The van der Waals surface area contributed by atoms with Crippen LogP contribution in [0.2, 0.25) is 0 Å². The van der Waals surface area contributed by atoms with E-state index in [1.165, 1.54) is 6.20 Å². The van der Waals surface area contributed by atoms with Crippen LogP contribution in [-0.2, 0) is 21.0 Å². The number of carbonyl (C=O) groups excluding carboxylic acids is 1. The lowest BCUT2D eigenvalue weighted by Crippen LogP contribution is -2.40. The molecular formula is C19H23N5O4. The highest BCUT2D eigenvalue weighted by atomic mass is 16.7. The molecule has 0 bridgehead atoms. The van der Waals surface area contributed by atoms with Crippen molar-refractivity contribution in [3.63, 3.8) is 0 Å². The minimum atomic E-state index is -0.521. The first-order valence-corrected chi connectivity index (χ1v) is 9.13. The number of piperidine rings is 1. The van der Waals surface area contributed by atoms with Crippen molar-refractivity contribution in [1.29, 1.82) is 5.26 Å². The molecule has 0 unspecified atom stereocenters. The molecule has 0 radical (unpaired) electrons. The van der Waals surface area contributed by atoms with Gasteiger partial charge in [0.1, 0.15) is 18.4 Å². The van der Waals surface area contributed by atoms with Crippen LogP contribution in [0.4, 0.5) is 0 Å². The third-order valence-corrected chi connectivity index (χ3v) is 4.26. The number of nitriles is 1. The highest BCUT2D eigenvalue weighted by Gasteiger charge is 2.28. The zero-order chi connectivity index (χ0) is 20.1. The average molecular weight is 385 g/mol. The smallest absolute Gasteiger partial charge is 0.330 e. The topological polar surface area (TPSA) is 114 Å². The molecule has 2 aromatic heterocycles. The van der Waals surface area contributed by atoms with E-state index in [0.717, 1.165) is 12.8 Å². The number of hydroxylamine groups is 2. The lowest BCUT2D eigenvalue weighted by atomic mass is 9.98. The fraction of sp³-hybridized carbons (Fsp3) is 0.526. The number of carbonyl (C=O) groups is 1. The monoisotopic (exact) mass is 385 g/mol. The summed E-state index contributed by atoms with van der Waals surface area (Å²) in [5, 5.41) is 14.5. The van der Waals surface area contributed by atoms with Gasteiger partial charge in [-0.1, -0.05) is 5.16 Å². The molecule has 0 spiro atoms. The molecule has 1 fully saturated rings. The summed E-state index contributed by atoms with van der Waals surface area (Å²) in [6.07, 6.45) is 3.06. The second-order valence-corrected chi connectivity index (χ2v) is 7.63. The van der Waals surface area contributed by atoms with Gasteiger partial charge in [0.2, 0.25) is 0 Å². The van der Waals surface area contributed by atoms with E-state index in [-0.39, 0.29) is 24.4 Å². The van der Waals surface area contributed by atoms with Crippen molar-refractivity contribution < 1.29 is 18.9 Å². The number of hydrogen-bond donors (Lipinski definition) is 0. The van der Waals surface area contributed by atoms with Gasteiger partial charge < -0.3 is 14.1 Å². The van der Waals surface area contributed by atoms with Crippen molar-refractivity contribution in [2.75, 3.05) is 13.1 Å². The van der Waals surface area contributed by atoms with Gasteiger partial charge in [0.05, 0.1) is 11.5 Å². The number of pyridine rings is 1. The van der Waals surface area contributed by atoms with Crippen LogP contribution < -0.4 is 0 Å². The molecule has 3 rings (SSSR count). The molecule has 28 heavy (non-hydrogen) atoms. The Balaban J connectivity index is 1.47. The van der Waals surface area contributed by atoms with E-state index in [4.69, 9.17) is 19.4 Å². The Morgan fingerprint density at radius 3 is 2.82 bits per heavy atom. The van der Waals surface area contributed by atoms with E-state index in [1.54, 1.807) is 17.2 Å². The molecule has 148 valence electrons. The molecule has 1 aliphatic heterocycles. The minimum Gasteiger partial charge on any atom is -0.370 e. The second-order valence-electron chi connectivity index (χ2n) is 7.63. The third kappa shape index (κ3) is 5.12. The van der Waals surface area contributed by atoms with E-state index in [1.807, 2.05) is 26.8 Å². The summed E-state index contributed by atoms with van der Waals surface area (Å²) in [6.45, 7) is 6.97. The molecule has 0 saturated carbocycles. The van der Waals surface area contributed by atoms with Crippen molar-refractivity contribution in [2.45, 2.75) is 46.3 Å². The zero-order valence-corrected chi connectivity index (χ0v) is 16.2. The fourth-order valence-electron chi connectivity index (χ4n) is 2.59. The number of nitrogens with zero attached hydrogens (tertiary/aromatic N) is 5. The van der Waals surface area contributed by atoms with Crippen LogP contribution in [0.3, 0.4) is 0 Å². The normalized spacial score (nSPS) is 15.9. The van der Waals surface area contributed by atoms with Crippen molar-refractivity contribution >= 4 is 5.97 Å². The van der Waals surface area contributed by atoms with Gasteiger partial charge in [0.15, 0.2) is 5.82 Å². The first kappa shape index (κ1) is 19.9. The summed E-state index contributed by atoms with van der Waals surface area (Å²) < 4.78 is 11.1. The molecule has 0 aliphatic carbocycles. The van der Waals surface area contributed by atoms with Gasteiger partial charge in [-0.05, 0) is 45.7 Å². The summed E-state index contributed by atoms with van der Waals surface area (Å²) in [5.74, 6) is 0.523. The highest BCUT2D eigenvalue weighted by molar-refractivity contribution is 5.75. The minimum absolute atomic E-state index is 0.0395. The maximum atomic E-state index is 11.9. The van der Waals surface area contributed by atoms with Crippen LogP contribution in [0.25, 0.3) is 11.5 Å². The van der Waals surface area contributed by atoms with Crippen LogP contribution in [0.15, 0.2) is 22.9 Å². The Labute approximate surface area is 163 Å².